The standard InChI is InChI=1S/C11H10N4OS/c1-8-7-17-10(12-8)6-15-11(16)14-5-3-2-4-9(14)13-15/h2-5,7H,6H2,1H3. The van der Waals surface area contributed by atoms with Crippen molar-refractivity contribution >= 4 is 17.0 Å². The van der Waals surface area contributed by atoms with Gasteiger partial charge < -0.3 is 0 Å². The molecule has 6 heteroatoms. The minimum atomic E-state index is -0.131. The van der Waals surface area contributed by atoms with E-state index >= 15 is 0 Å². The van der Waals surface area contributed by atoms with Gasteiger partial charge >= 0.3 is 5.69 Å². The van der Waals surface area contributed by atoms with Gasteiger partial charge in [0.25, 0.3) is 0 Å². The van der Waals surface area contributed by atoms with Crippen LogP contribution in [-0.4, -0.2) is 19.2 Å². The predicted octanol–water partition coefficient (Wildman–Crippen LogP) is 1.31. The number of pyridine rings is 1. The van der Waals surface area contributed by atoms with Crippen molar-refractivity contribution in [2.75, 3.05) is 0 Å². The Morgan fingerprint density at radius 1 is 1.41 bits per heavy atom. The van der Waals surface area contributed by atoms with Gasteiger partial charge in [-0.1, -0.05) is 6.07 Å². The third kappa shape index (κ3) is 1.76. The molecule has 0 atom stereocenters. The molecule has 0 aliphatic carbocycles. The summed E-state index contributed by atoms with van der Waals surface area (Å²) in [7, 11) is 0. The van der Waals surface area contributed by atoms with Gasteiger partial charge in [0.05, 0.1) is 6.54 Å². The van der Waals surface area contributed by atoms with Gasteiger partial charge in [0.15, 0.2) is 5.65 Å². The summed E-state index contributed by atoms with van der Waals surface area (Å²) in [5.74, 6) is 0. The van der Waals surface area contributed by atoms with Crippen LogP contribution in [-0.2, 0) is 6.54 Å². The second-order valence-corrected chi connectivity index (χ2v) is 4.69. The van der Waals surface area contributed by atoms with E-state index < -0.39 is 0 Å². The lowest BCUT2D eigenvalue weighted by Gasteiger charge is -1.93. The first-order chi connectivity index (χ1) is 8.24. The van der Waals surface area contributed by atoms with Crippen LogP contribution in [0.2, 0.25) is 0 Å². The van der Waals surface area contributed by atoms with E-state index in [1.165, 1.54) is 9.08 Å². The van der Waals surface area contributed by atoms with Gasteiger partial charge in [0, 0.05) is 17.3 Å². The second kappa shape index (κ2) is 3.81. The van der Waals surface area contributed by atoms with Crippen LogP contribution in [0.3, 0.4) is 0 Å². The average molecular weight is 246 g/mol. The van der Waals surface area contributed by atoms with Crippen LogP contribution in [0.5, 0.6) is 0 Å². The summed E-state index contributed by atoms with van der Waals surface area (Å²) >= 11 is 1.54. The maximum atomic E-state index is 12.0. The monoisotopic (exact) mass is 246 g/mol. The SMILES string of the molecule is Cc1csc(Cn2nc3ccccn3c2=O)n1. The molecule has 17 heavy (non-hydrogen) atoms. The van der Waals surface area contributed by atoms with E-state index in [2.05, 4.69) is 10.1 Å². The molecule has 86 valence electrons. The van der Waals surface area contributed by atoms with Gasteiger partial charge in [-0.3, -0.25) is 4.40 Å². The Balaban J connectivity index is 2.06. The zero-order valence-electron chi connectivity index (χ0n) is 9.20. The Labute approximate surface area is 101 Å². The summed E-state index contributed by atoms with van der Waals surface area (Å²) in [6, 6.07) is 5.48. The van der Waals surface area contributed by atoms with Gasteiger partial charge in [-0.25, -0.2) is 14.5 Å². The zero-order valence-corrected chi connectivity index (χ0v) is 10.0. The molecule has 0 amide bonds. The molecule has 0 radical (unpaired) electrons. The molecule has 0 saturated carbocycles. The fraction of sp³-hybridized carbons (Fsp3) is 0.182. The van der Waals surface area contributed by atoms with Crippen molar-refractivity contribution < 1.29 is 0 Å². The lowest BCUT2D eigenvalue weighted by atomic mass is 10.5. The number of nitrogens with zero attached hydrogens (tertiary/aromatic N) is 4. The van der Waals surface area contributed by atoms with E-state index in [0.717, 1.165) is 10.7 Å². The molecule has 0 bridgehead atoms. The molecule has 0 N–H and O–H groups in total. The van der Waals surface area contributed by atoms with E-state index in [0.29, 0.717) is 12.2 Å². The quantitative estimate of drug-likeness (QED) is 0.685. The number of aryl methyl sites for hydroxylation is 1. The summed E-state index contributed by atoms with van der Waals surface area (Å²) in [5.41, 5.74) is 1.50. The average Bonchev–Trinajstić information content (AvgIpc) is 2.86. The van der Waals surface area contributed by atoms with Crippen molar-refractivity contribution in [3.05, 3.63) is 51.0 Å². The molecular weight excluding hydrogens is 236 g/mol. The molecule has 0 spiro atoms. The molecule has 3 aromatic rings. The third-order valence-corrected chi connectivity index (χ3v) is 3.39. The lowest BCUT2D eigenvalue weighted by Crippen LogP contribution is -2.21. The number of thiazole rings is 1. The van der Waals surface area contributed by atoms with Crippen LogP contribution in [0.25, 0.3) is 5.65 Å². The molecule has 0 fully saturated rings. The highest BCUT2D eigenvalue weighted by Crippen LogP contribution is 2.09. The lowest BCUT2D eigenvalue weighted by molar-refractivity contribution is 0.655. The fourth-order valence-electron chi connectivity index (χ4n) is 1.67. The molecule has 5 nitrogen and oxygen atoms in total. The number of hydrogen-bond acceptors (Lipinski definition) is 4. The first-order valence-electron chi connectivity index (χ1n) is 5.19. The number of aromatic nitrogens is 4. The van der Waals surface area contributed by atoms with Crippen LogP contribution in [0, 0.1) is 6.92 Å². The van der Waals surface area contributed by atoms with Crippen molar-refractivity contribution in [1.29, 1.82) is 0 Å². The number of hydrogen-bond donors (Lipinski definition) is 0. The van der Waals surface area contributed by atoms with Crippen LogP contribution < -0.4 is 5.69 Å². The number of rotatable bonds is 2. The maximum absolute atomic E-state index is 12.0. The van der Waals surface area contributed by atoms with Gasteiger partial charge in [-0.15, -0.1) is 16.4 Å². The van der Waals surface area contributed by atoms with Gasteiger partial charge in [-0.05, 0) is 19.1 Å². The first kappa shape index (κ1) is 10.2. The highest BCUT2D eigenvalue weighted by molar-refractivity contribution is 7.09. The summed E-state index contributed by atoms with van der Waals surface area (Å²) in [5, 5.41) is 7.12. The smallest absolute Gasteiger partial charge is 0.250 e. The molecule has 0 aromatic carbocycles. The summed E-state index contributed by atoms with van der Waals surface area (Å²) in [6.07, 6.45) is 1.72. The Kier molecular flexibility index (Phi) is 2.29. The van der Waals surface area contributed by atoms with Crippen LogP contribution in [0.1, 0.15) is 10.7 Å². The second-order valence-electron chi connectivity index (χ2n) is 3.75. The summed E-state index contributed by atoms with van der Waals surface area (Å²) < 4.78 is 2.97. The Morgan fingerprint density at radius 2 is 2.29 bits per heavy atom. The third-order valence-electron chi connectivity index (χ3n) is 2.44. The molecule has 3 aromatic heterocycles. The molecule has 3 rings (SSSR count). The molecule has 0 aliphatic heterocycles. The van der Waals surface area contributed by atoms with E-state index in [1.807, 2.05) is 30.5 Å². The Bertz CT molecular complexity index is 724. The molecule has 3 heterocycles. The largest absolute Gasteiger partial charge is 0.350 e. The molecule has 0 aliphatic rings. The minimum absolute atomic E-state index is 0.131. The van der Waals surface area contributed by atoms with Crippen molar-refractivity contribution in [3.63, 3.8) is 0 Å². The zero-order chi connectivity index (χ0) is 11.8. The molecular formula is C11H10N4OS. The fourth-order valence-corrected chi connectivity index (χ4v) is 2.43. The number of fused-ring (bicyclic) bond motifs is 1. The van der Waals surface area contributed by atoms with E-state index in [-0.39, 0.29) is 5.69 Å². The Hall–Kier alpha value is -1.95. The van der Waals surface area contributed by atoms with Crippen molar-refractivity contribution in [1.82, 2.24) is 19.2 Å². The van der Waals surface area contributed by atoms with E-state index in [9.17, 15) is 4.79 Å². The highest BCUT2D eigenvalue weighted by atomic mass is 32.1. The van der Waals surface area contributed by atoms with E-state index in [1.54, 1.807) is 17.5 Å². The molecule has 0 unspecified atom stereocenters. The summed E-state index contributed by atoms with van der Waals surface area (Å²) in [4.78, 5) is 16.3. The van der Waals surface area contributed by atoms with Gasteiger partial charge in [0.1, 0.15) is 5.01 Å². The van der Waals surface area contributed by atoms with Crippen molar-refractivity contribution in [2.24, 2.45) is 0 Å². The van der Waals surface area contributed by atoms with E-state index in [4.69, 9.17) is 0 Å². The first-order valence-corrected chi connectivity index (χ1v) is 6.07. The normalized spacial score (nSPS) is 11.1. The van der Waals surface area contributed by atoms with Crippen molar-refractivity contribution in [2.45, 2.75) is 13.5 Å². The maximum Gasteiger partial charge on any atom is 0.350 e. The molecule has 0 saturated heterocycles. The van der Waals surface area contributed by atoms with Crippen LogP contribution in [0.15, 0.2) is 34.6 Å². The topological polar surface area (TPSA) is 52.2 Å². The van der Waals surface area contributed by atoms with Crippen LogP contribution in [0.4, 0.5) is 0 Å². The van der Waals surface area contributed by atoms with Crippen molar-refractivity contribution in [3.8, 4) is 0 Å². The van der Waals surface area contributed by atoms with Gasteiger partial charge in [-0.2, -0.15) is 0 Å². The minimum Gasteiger partial charge on any atom is -0.250 e. The summed E-state index contributed by atoms with van der Waals surface area (Å²) in [6.45, 7) is 2.37. The highest BCUT2D eigenvalue weighted by Gasteiger charge is 2.07. The van der Waals surface area contributed by atoms with Crippen LogP contribution >= 0.6 is 11.3 Å². The predicted molar refractivity (Wildman–Crippen MR) is 65.4 cm³/mol. The Morgan fingerprint density at radius 3 is 3.00 bits per heavy atom. The van der Waals surface area contributed by atoms with Gasteiger partial charge in [0.2, 0.25) is 0 Å².